The molecule has 4 rings (SSSR count). The lowest BCUT2D eigenvalue weighted by Crippen LogP contribution is -2.31. The molecule has 1 amide bonds. The highest BCUT2D eigenvalue weighted by Crippen LogP contribution is 2.29. The van der Waals surface area contributed by atoms with Crippen LogP contribution in [0.1, 0.15) is 50.4 Å². The van der Waals surface area contributed by atoms with Crippen LogP contribution in [0.4, 0.5) is 5.82 Å². The van der Waals surface area contributed by atoms with Gasteiger partial charge in [0.2, 0.25) is 10.0 Å². The minimum atomic E-state index is -3.56. The predicted octanol–water partition coefficient (Wildman–Crippen LogP) is 3.39. The van der Waals surface area contributed by atoms with Gasteiger partial charge < -0.3 is 10.2 Å². The molecule has 1 fully saturated rings. The summed E-state index contributed by atoms with van der Waals surface area (Å²) in [4.78, 5) is 24.8. The molecule has 1 aromatic carbocycles. The van der Waals surface area contributed by atoms with Crippen LogP contribution in [0, 0.1) is 0 Å². The Morgan fingerprint density at radius 2 is 1.76 bits per heavy atom. The number of hydrogen-bond acceptors (Lipinski definition) is 8. The van der Waals surface area contributed by atoms with Crippen molar-refractivity contribution in [2.45, 2.75) is 56.6 Å². The molecule has 0 radical (unpaired) electrons. The molecule has 3 heterocycles. The van der Waals surface area contributed by atoms with Crippen molar-refractivity contribution in [1.29, 1.82) is 0 Å². The van der Waals surface area contributed by atoms with E-state index in [2.05, 4.69) is 22.2 Å². The molecule has 1 aliphatic rings. The molecule has 12 heteroatoms. The number of carbonyl (C=O) groups excluding carboxylic acids is 1. The number of nitrogens with one attached hydrogen (secondary N) is 1. The van der Waals surface area contributed by atoms with Crippen LogP contribution in [0.3, 0.4) is 0 Å². The minimum absolute atomic E-state index is 0.181. The SMILES string of the molecule is CCSc1nc(N2CCCCC2)c2cnn(CCNC(=O)c3ccc(S(=O)(=O)N(CC)CC)cc3)c2n1. The van der Waals surface area contributed by atoms with Gasteiger partial charge in [-0.2, -0.15) is 9.40 Å². The van der Waals surface area contributed by atoms with E-state index >= 15 is 0 Å². The average Bonchev–Trinajstić information content (AvgIpc) is 3.32. The molecular weight excluding hydrogens is 510 g/mol. The maximum Gasteiger partial charge on any atom is 0.251 e. The van der Waals surface area contributed by atoms with E-state index in [4.69, 9.17) is 9.97 Å². The Labute approximate surface area is 222 Å². The highest BCUT2D eigenvalue weighted by Gasteiger charge is 2.22. The molecule has 1 aliphatic heterocycles. The molecule has 0 atom stereocenters. The zero-order chi connectivity index (χ0) is 26.4. The summed E-state index contributed by atoms with van der Waals surface area (Å²) in [7, 11) is -3.56. The van der Waals surface area contributed by atoms with Crippen molar-refractivity contribution >= 4 is 44.5 Å². The van der Waals surface area contributed by atoms with E-state index in [1.165, 1.54) is 22.9 Å². The number of hydrogen-bond donors (Lipinski definition) is 1. The number of amides is 1. The first kappa shape index (κ1) is 27.3. The van der Waals surface area contributed by atoms with Gasteiger partial charge in [-0.25, -0.2) is 23.1 Å². The summed E-state index contributed by atoms with van der Waals surface area (Å²) in [5.74, 6) is 1.55. The van der Waals surface area contributed by atoms with E-state index in [-0.39, 0.29) is 10.8 Å². The molecule has 0 unspecified atom stereocenters. The number of fused-ring (bicyclic) bond motifs is 1. The lowest BCUT2D eigenvalue weighted by molar-refractivity contribution is 0.0952. The summed E-state index contributed by atoms with van der Waals surface area (Å²) in [6.45, 7) is 9.25. The van der Waals surface area contributed by atoms with Gasteiger partial charge in [0.25, 0.3) is 5.91 Å². The summed E-state index contributed by atoms with van der Waals surface area (Å²) in [6.07, 6.45) is 5.37. The Balaban J connectivity index is 1.45. The van der Waals surface area contributed by atoms with Gasteiger partial charge in [-0.3, -0.25) is 4.79 Å². The Morgan fingerprint density at radius 3 is 2.41 bits per heavy atom. The third-order valence-corrected chi connectivity index (χ3v) is 9.25. The minimum Gasteiger partial charge on any atom is -0.356 e. The maximum absolute atomic E-state index is 12.7. The number of carbonyl (C=O) groups is 1. The molecule has 37 heavy (non-hydrogen) atoms. The fourth-order valence-corrected chi connectivity index (χ4v) is 6.51. The first-order valence-corrected chi connectivity index (χ1v) is 15.3. The summed E-state index contributed by atoms with van der Waals surface area (Å²) in [5, 5.41) is 9.12. The van der Waals surface area contributed by atoms with E-state index < -0.39 is 10.0 Å². The van der Waals surface area contributed by atoms with Gasteiger partial charge in [-0.1, -0.05) is 32.5 Å². The van der Waals surface area contributed by atoms with E-state index in [0.29, 0.717) is 31.7 Å². The summed E-state index contributed by atoms with van der Waals surface area (Å²) in [5.41, 5.74) is 1.17. The number of benzene rings is 1. The van der Waals surface area contributed by atoms with E-state index in [1.807, 2.05) is 10.9 Å². The second-order valence-corrected chi connectivity index (χ2v) is 12.0. The predicted molar refractivity (Wildman–Crippen MR) is 147 cm³/mol. The number of thioether (sulfide) groups is 1. The summed E-state index contributed by atoms with van der Waals surface area (Å²) in [6, 6.07) is 6.05. The molecule has 3 aromatic rings. The van der Waals surface area contributed by atoms with Gasteiger partial charge in [-0.05, 0) is 49.3 Å². The number of nitrogens with zero attached hydrogens (tertiary/aromatic N) is 6. The Kier molecular flexibility index (Phi) is 9.04. The lowest BCUT2D eigenvalue weighted by Gasteiger charge is -2.28. The van der Waals surface area contributed by atoms with E-state index in [1.54, 1.807) is 37.7 Å². The van der Waals surface area contributed by atoms with Gasteiger partial charge in [-0.15, -0.1) is 0 Å². The van der Waals surface area contributed by atoms with E-state index in [9.17, 15) is 13.2 Å². The fourth-order valence-electron chi connectivity index (χ4n) is 4.49. The zero-order valence-corrected chi connectivity index (χ0v) is 23.3. The lowest BCUT2D eigenvalue weighted by atomic mass is 10.1. The van der Waals surface area contributed by atoms with Crippen LogP contribution in [0.15, 0.2) is 40.5 Å². The van der Waals surface area contributed by atoms with Crippen LogP contribution >= 0.6 is 11.8 Å². The monoisotopic (exact) mass is 545 g/mol. The van der Waals surface area contributed by atoms with Crippen LogP contribution in [-0.4, -0.2) is 76.9 Å². The molecule has 1 N–H and O–H groups in total. The largest absolute Gasteiger partial charge is 0.356 e. The first-order valence-electron chi connectivity index (χ1n) is 12.9. The van der Waals surface area contributed by atoms with Crippen LogP contribution in [0.5, 0.6) is 0 Å². The van der Waals surface area contributed by atoms with Crippen LogP contribution in [-0.2, 0) is 16.6 Å². The summed E-state index contributed by atoms with van der Waals surface area (Å²) >= 11 is 1.61. The number of sulfonamides is 1. The van der Waals surface area contributed by atoms with Gasteiger partial charge in [0.1, 0.15) is 5.82 Å². The van der Waals surface area contributed by atoms with Crippen molar-refractivity contribution in [2.75, 3.05) is 43.4 Å². The maximum atomic E-state index is 12.7. The third kappa shape index (κ3) is 6.07. The van der Waals surface area contributed by atoms with Crippen molar-refractivity contribution in [3.05, 3.63) is 36.0 Å². The van der Waals surface area contributed by atoms with Crippen molar-refractivity contribution in [2.24, 2.45) is 0 Å². The van der Waals surface area contributed by atoms with Crippen molar-refractivity contribution in [3.63, 3.8) is 0 Å². The zero-order valence-electron chi connectivity index (χ0n) is 21.7. The normalized spacial score (nSPS) is 14.4. The second kappa shape index (κ2) is 12.2. The van der Waals surface area contributed by atoms with E-state index in [0.717, 1.165) is 53.7 Å². The van der Waals surface area contributed by atoms with Crippen LogP contribution in [0.2, 0.25) is 0 Å². The molecule has 10 nitrogen and oxygen atoms in total. The van der Waals surface area contributed by atoms with Gasteiger partial charge in [0.15, 0.2) is 10.8 Å². The topological polar surface area (TPSA) is 113 Å². The molecular formula is C25H35N7O3S2. The molecule has 0 bridgehead atoms. The van der Waals surface area contributed by atoms with Gasteiger partial charge >= 0.3 is 0 Å². The first-order chi connectivity index (χ1) is 17.9. The second-order valence-electron chi connectivity index (χ2n) is 8.79. The molecule has 2 aromatic heterocycles. The number of anilines is 1. The highest BCUT2D eigenvalue weighted by atomic mass is 32.2. The molecule has 1 saturated heterocycles. The van der Waals surface area contributed by atoms with Gasteiger partial charge in [0, 0.05) is 38.3 Å². The number of aromatic nitrogens is 4. The molecule has 0 saturated carbocycles. The quantitative estimate of drug-likeness (QED) is 0.288. The summed E-state index contributed by atoms with van der Waals surface area (Å²) < 4.78 is 28.6. The standard InChI is InChI=1S/C25H35N7O3S2/c1-4-31(5-2)37(34,35)20-12-10-19(11-13-20)24(33)26-14-17-32-23-21(18-27-32)22(28-25(29-23)36-6-3)30-15-8-7-9-16-30/h10-13,18H,4-9,14-17H2,1-3H3,(H,26,33). The van der Waals surface area contributed by atoms with Crippen molar-refractivity contribution < 1.29 is 13.2 Å². The van der Waals surface area contributed by atoms with Crippen LogP contribution in [0.25, 0.3) is 11.0 Å². The number of rotatable bonds is 11. The molecule has 200 valence electrons. The third-order valence-electron chi connectivity index (χ3n) is 6.45. The Morgan fingerprint density at radius 1 is 1.05 bits per heavy atom. The Hall–Kier alpha value is -2.70. The average molecular weight is 546 g/mol. The van der Waals surface area contributed by atoms with Crippen LogP contribution < -0.4 is 10.2 Å². The molecule has 0 aliphatic carbocycles. The number of piperidine rings is 1. The molecule has 0 spiro atoms. The van der Waals surface area contributed by atoms with Crippen molar-refractivity contribution in [1.82, 2.24) is 29.4 Å². The van der Waals surface area contributed by atoms with Gasteiger partial charge in [0.05, 0.1) is 23.0 Å². The highest BCUT2D eigenvalue weighted by molar-refractivity contribution is 7.99. The smallest absolute Gasteiger partial charge is 0.251 e. The Bertz CT molecular complexity index is 1320. The fraction of sp³-hybridized carbons (Fsp3) is 0.520. The van der Waals surface area contributed by atoms with Crippen molar-refractivity contribution in [3.8, 4) is 0 Å².